The zero-order valence-corrected chi connectivity index (χ0v) is 20.1. The van der Waals surface area contributed by atoms with Crippen LogP contribution < -0.4 is 0 Å². The first-order valence-electron chi connectivity index (χ1n) is 13.5. The summed E-state index contributed by atoms with van der Waals surface area (Å²) in [4.78, 5) is 0. The van der Waals surface area contributed by atoms with E-state index in [2.05, 4.69) is 31.2 Å². The van der Waals surface area contributed by atoms with Crippen LogP contribution in [-0.4, -0.2) is 0 Å². The van der Waals surface area contributed by atoms with Crippen LogP contribution in [0.4, 0.5) is 0 Å². The fourth-order valence-electron chi connectivity index (χ4n) is 5.95. The molecule has 1 saturated carbocycles. The second-order valence-corrected chi connectivity index (χ2v) is 10.4. The second-order valence-electron chi connectivity index (χ2n) is 10.4. The number of unbranched alkanes of at least 4 members (excludes halogenated alkanes) is 6. The van der Waals surface area contributed by atoms with Gasteiger partial charge >= 0.3 is 0 Å². The third-order valence-corrected chi connectivity index (χ3v) is 8.14. The first-order valence-corrected chi connectivity index (χ1v) is 13.5. The molecule has 1 fully saturated rings. The molecule has 0 radical (unpaired) electrons. The maximum absolute atomic E-state index is 8.93. The maximum Gasteiger partial charge on any atom is 0.0991 e. The summed E-state index contributed by atoms with van der Waals surface area (Å²) in [5.74, 6) is 2.99. The smallest absolute Gasteiger partial charge is 0.0991 e. The largest absolute Gasteiger partial charge is 0.192 e. The Hall–Kier alpha value is -1.55. The van der Waals surface area contributed by atoms with Crippen molar-refractivity contribution in [3.05, 3.63) is 47.0 Å². The van der Waals surface area contributed by atoms with Gasteiger partial charge in [0.25, 0.3) is 0 Å². The number of nitrogens with zero attached hydrogens (tertiary/aromatic N) is 1. The van der Waals surface area contributed by atoms with Crippen LogP contribution in [0.3, 0.4) is 0 Å². The summed E-state index contributed by atoms with van der Waals surface area (Å²) < 4.78 is 0. The molecule has 0 saturated heterocycles. The van der Waals surface area contributed by atoms with Crippen molar-refractivity contribution in [2.45, 2.75) is 116 Å². The van der Waals surface area contributed by atoms with Crippen LogP contribution in [0.15, 0.2) is 35.9 Å². The summed E-state index contributed by atoms with van der Waals surface area (Å²) in [6, 6.07) is 10.3. The van der Waals surface area contributed by atoms with Crippen LogP contribution in [0.1, 0.15) is 121 Å². The standard InChI is InChI=1S/C30H45N/c1-2-3-4-5-6-7-8-9-25-16-20-29(21-17-25)30-22-18-27(19-23-30)11-10-26-12-14-28(24-31)15-13-26/h12-15,18,25,29-30H,2-11,16-17,19-23H2,1H3/t25-,29-,30?. The zero-order chi connectivity index (χ0) is 21.7. The van der Waals surface area contributed by atoms with E-state index in [1.165, 1.54) is 108 Å². The van der Waals surface area contributed by atoms with Crippen molar-refractivity contribution in [3.8, 4) is 6.07 Å². The lowest BCUT2D eigenvalue weighted by molar-refractivity contribution is 0.185. The number of rotatable bonds is 12. The van der Waals surface area contributed by atoms with Crippen molar-refractivity contribution in [2.75, 3.05) is 0 Å². The number of allylic oxidation sites excluding steroid dienone is 2. The van der Waals surface area contributed by atoms with Gasteiger partial charge in [0.05, 0.1) is 11.6 Å². The molecule has 1 unspecified atom stereocenters. The Bertz CT molecular complexity index is 684. The molecular weight excluding hydrogens is 374 g/mol. The molecule has 1 aromatic carbocycles. The van der Waals surface area contributed by atoms with E-state index in [9.17, 15) is 0 Å². The van der Waals surface area contributed by atoms with Crippen molar-refractivity contribution < 1.29 is 0 Å². The molecule has 0 aliphatic heterocycles. The predicted octanol–water partition coefficient (Wildman–Crippen LogP) is 9.16. The van der Waals surface area contributed by atoms with E-state index in [-0.39, 0.29) is 0 Å². The Labute approximate surface area is 192 Å². The molecule has 0 amide bonds. The fourth-order valence-corrected chi connectivity index (χ4v) is 5.95. The molecule has 31 heavy (non-hydrogen) atoms. The summed E-state index contributed by atoms with van der Waals surface area (Å²) >= 11 is 0. The average Bonchev–Trinajstić information content (AvgIpc) is 2.83. The lowest BCUT2D eigenvalue weighted by Crippen LogP contribution is -2.23. The zero-order valence-electron chi connectivity index (χ0n) is 20.1. The van der Waals surface area contributed by atoms with E-state index in [4.69, 9.17) is 5.26 Å². The summed E-state index contributed by atoms with van der Waals surface area (Å²) in [5, 5.41) is 8.93. The average molecular weight is 420 g/mol. The topological polar surface area (TPSA) is 23.8 Å². The first kappa shape index (κ1) is 24.1. The Balaban J connectivity index is 1.28. The van der Waals surface area contributed by atoms with Crippen LogP contribution in [0, 0.1) is 29.1 Å². The van der Waals surface area contributed by atoms with Crippen LogP contribution in [0.5, 0.6) is 0 Å². The molecule has 170 valence electrons. The minimum absolute atomic E-state index is 0.764. The highest BCUT2D eigenvalue weighted by molar-refractivity contribution is 5.32. The van der Waals surface area contributed by atoms with Crippen LogP contribution >= 0.6 is 0 Å². The van der Waals surface area contributed by atoms with Gasteiger partial charge in [0.15, 0.2) is 0 Å². The Kier molecular flexibility index (Phi) is 10.7. The van der Waals surface area contributed by atoms with Gasteiger partial charge in [0, 0.05) is 0 Å². The Morgan fingerprint density at radius 3 is 2.16 bits per heavy atom. The normalized spacial score (nSPS) is 23.9. The Morgan fingerprint density at radius 2 is 1.52 bits per heavy atom. The summed E-state index contributed by atoms with van der Waals surface area (Å²) in [6.45, 7) is 2.30. The monoisotopic (exact) mass is 419 g/mol. The molecule has 0 heterocycles. The fraction of sp³-hybridized carbons (Fsp3) is 0.700. The first-order chi connectivity index (χ1) is 15.3. The van der Waals surface area contributed by atoms with Gasteiger partial charge in [-0.3, -0.25) is 0 Å². The van der Waals surface area contributed by atoms with Crippen molar-refractivity contribution in [1.82, 2.24) is 0 Å². The van der Waals surface area contributed by atoms with Gasteiger partial charge in [-0.05, 0) is 80.4 Å². The molecule has 0 spiro atoms. The molecule has 2 aliphatic carbocycles. The van der Waals surface area contributed by atoms with E-state index in [1.807, 2.05) is 12.1 Å². The molecule has 1 heteroatoms. The summed E-state index contributed by atoms with van der Waals surface area (Å²) in [7, 11) is 0. The number of hydrogen-bond donors (Lipinski definition) is 0. The Morgan fingerprint density at radius 1 is 0.806 bits per heavy atom. The minimum Gasteiger partial charge on any atom is -0.192 e. The van der Waals surface area contributed by atoms with Gasteiger partial charge < -0.3 is 0 Å². The highest BCUT2D eigenvalue weighted by Crippen LogP contribution is 2.41. The molecule has 0 aromatic heterocycles. The SMILES string of the molecule is CCCCCCCCC[C@H]1CC[C@H](C2CC=C(CCc3ccc(C#N)cc3)CC2)CC1. The van der Waals surface area contributed by atoms with E-state index < -0.39 is 0 Å². The molecule has 0 N–H and O–H groups in total. The van der Waals surface area contributed by atoms with Gasteiger partial charge in [0.1, 0.15) is 0 Å². The van der Waals surface area contributed by atoms with Crippen molar-refractivity contribution in [1.29, 1.82) is 5.26 Å². The van der Waals surface area contributed by atoms with Crippen LogP contribution in [0.2, 0.25) is 0 Å². The molecule has 1 aromatic rings. The third kappa shape index (κ3) is 8.48. The molecular formula is C30H45N. The minimum atomic E-state index is 0.764. The number of benzene rings is 1. The van der Waals surface area contributed by atoms with Crippen molar-refractivity contribution >= 4 is 0 Å². The number of aryl methyl sites for hydroxylation is 1. The van der Waals surface area contributed by atoms with E-state index >= 15 is 0 Å². The maximum atomic E-state index is 8.93. The highest BCUT2D eigenvalue weighted by atomic mass is 14.3. The van der Waals surface area contributed by atoms with Gasteiger partial charge in [0.2, 0.25) is 0 Å². The summed E-state index contributed by atoms with van der Waals surface area (Å²) in [5.41, 5.74) is 3.80. The lowest BCUT2D eigenvalue weighted by Gasteiger charge is -2.35. The quantitative estimate of drug-likeness (QED) is 0.245. The molecule has 1 atom stereocenters. The van der Waals surface area contributed by atoms with Gasteiger partial charge in [-0.1, -0.05) is 94.9 Å². The van der Waals surface area contributed by atoms with E-state index in [0.717, 1.165) is 29.7 Å². The lowest BCUT2D eigenvalue weighted by atomic mass is 9.70. The highest BCUT2D eigenvalue weighted by Gasteiger charge is 2.28. The summed E-state index contributed by atoms with van der Waals surface area (Å²) in [6.07, 6.45) is 26.6. The number of hydrogen-bond acceptors (Lipinski definition) is 1. The predicted molar refractivity (Wildman–Crippen MR) is 133 cm³/mol. The molecule has 2 aliphatic rings. The van der Waals surface area contributed by atoms with Crippen molar-refractivity contribution in [2.24, 2.45) is 17.8 Å². The van der Waals surface area contributed by atoms with Crippen LogP contribution in [0.25, 0.3) is 0 Å². The number of nitriles is 1. The van der Waals surface area contributed by atoms with Gasteiger partial charge in [-0.2, -0.15) is 5.26 Å². The van der Waals surface area contributed by atoms with Crippen molar-refractivity contribution in [3.63, 3.8) is 0 Å². The second kappa shape index (κ2) is 13.8. The third-order valence-electron chi connectivity index (χ3n) is 8.14. The molecule has 3 rings (SSSR count). The van der Waals surface area contributed by atoms with E-state index in [1.54, 1.807) is 5.57 Å². The van der Waals surface area contributed by atoms with Gasteiger partial charge in [-0.25, -0.2) is 0 Å². The van der Waals surface area contributed by atoms with E-state index in [0.29, 0.717) is 0 Å². The molecule has 1 nitrogen and oxygen atoms in total. The molecule has 0 bridgehead atoms. The van der Waals surface area contributed by atoms with Crippen LogP contribution in [-0.2, 0) is 6.42 Å². The van der Waals surface area contributed by atoms with Gasteiger partial charge in [-0.15, -0.1) is 0 Å².